The zero-order valence-electron chi connectivity index (χ0n) is 12.0. The van der Waals surface area contributed by atoms with E-state index in [-0.39, 0.29) is 17.3 Å². The van der Waals surface area contributed by atoms with E-state index in [1.807, 2.05) is 19.2 Å². The highest BCUT2D eigenvalue weighted by molar-refractivity contribution is 7.89. The zero-order valence-corrected chi connectivity index (χ0v) is 12.8. The van der Waals surface area contributed by atoms with Gasteiger partial charge in [-0.25, -0.2) is 13.1 Å². The van der Waals surface area contributed by atoms with Gasteiger partial charge in [-0.05, 0) is 44.6 Å². The summed E-state index contributed by atoms with van der Waals surface area (Å²) in [6.45, 7) is 2.50. The first-order valence-corrected chi connectivity index (χ1v) is 8.02. The maximum atomic E-state index is 12.1. The summed E-state index contributed by atoms with van der Waals surface area (Å²) in [6, 6.07) is 6.80. The number of rotatable bonds is 7. The van der Waals surface area contributed by atoms with Gasteiger partial charge in [-0.1, -0.05) is 17.3 Å². The molecule has 8 heteroatoms. The molecule has 0 spiro atoms. The van der Waals surface area contributed by atoms with Gasteiger partial charge in [-0.15, -0.1) is 0 Å². The lowest BCUT2D eigenvalue weighted by Crippen LogP contribution is -2.23. The van der Waals surface area contributed by atoms with Crippen LogP contribution in [-0.2, 0) is 23.0 Å². The lowest BCUT2D eigenvalue weighted by molar-refractivity contribution is 0.372. The van der Waals surface area contributed by atoms with E-state index in [1.54, 1.807) is 19.1 Å². The highest BCUT2D eigenvalue weighted by Gasteiger charge is 2.15. The van der Waals surface area contributed by atoms with Crippen LogP contribution in [0.25, 0.3) is 0 Å². The predicted molar refractivity (Wildman–Crippen MR) is 77.1 cm³/mol. The van der Waals surface area contributed by atoms with Crippen molar-refractivity contribution in [2.45, 2.75) is 24.8 Å². The molecule has 0 amide bonds. The molecule has 21 heavy (non-hydrogen) atoms. The van der Waals surface area contributed by atoms with Crippen LogP contribution in [0.5, 0.6) is 0 Å². The molecule has 2 rings (SSSR count). The standard InChI is InChI=1S/C13H18N4O3S/c1-10-16-13(20-17-10)9-15-21(18,19)12-5-3-11(4-6-12)7-8-14-2/h3-6,14-15H,7-9H2,1-2H3. The lowest BCUT2D eigenvalue weighted by atomic mass is 10.1. The Morgan fingerprint density at radius 3 is 2.52 bits per heavy atom. The molecule has 0 saturated carbocycles. The van der Waals surface area contributed by atoms with E-state index < -0.39 is 10.0 Å². The highest BCUT2D eigenvalue weighted by atomic mass is 32.2. The monoisotopic (exact) mass is 310 g/mol. The topological polar surface area (TPSA) is 97.1 Å². The molecule has 1 aromatic heterocycles. The van der Waals surface area contributed by atoms with Crippen LogP contribution in [0.15, 0.2) is 33.7 Å². The average molecular weight is 310 g/mol. The molecule has 2 N–H and O–H groups in total. The van der Waals surface area contributed by atoms with Crippen LogP contribution in [-0.4, -0.2) is 32.2 Å². The Hall–Kier alpha value is -1.77. The van der Waals surface area contributed by atoms with Gasteiger partial charge in [-0.2, -0.15) is 4.98 Å². The first-order chi connectivity index (χ1) is 10.0. The van der Waals surface area contributed by atoms with Crippen molar-refractivity contribution in [1.82, 2.24) is 20.2 Å². The van der Waals surface area contributed by atoms with Gasteiger partial charge < -0.3 is 9.84 Å². The van der Waals surface area contributed by atoms with E-state index >= 15 is 0 Å². The summed E-state index contributed by atoms with van der Waals surface area (Å²) < 4.78 is 31.5. The van der Waals surface area contributed by atoms with Crippen molar-refractivity contribution in [1.29, 1.82) is 0 Å². The van der Waals surface area contributed by atoms with Gasteiger partial charge in [0.25, 0.3) is 0 Å². The molecule has 114 valence electrons. The minimum Gasteiger partial charge on any atom is -0.338 e. The molecule has 0 radical (unpaired) electrons. The number of aromatic nitrogens is 2. The summed E-state index contributed by atoms with van der Waals surface area (Å²) in [6.07, 6.45) is 0.853. The smallest absolute Gasteiger partial charge is 0.241 e. The normalized spacial score (nSPS) is 11.7. The largest absolute Gasteiger partial charge is 0.338 e. The second kappa shape index (κ2) is 6.79. The minimum absolute atomic E-state index is 0.0231. The molecule has 0 bridgehead atoms. The molecule has 0 unspecified atom stereocenters. The molecule has 7 nitrogen and oxygen atoms in total. The van der Waals surface area contributed by atoms with Gasteiger partial charge in [0.2, 0.25) is 15.9 Å². The van der Waals surface area contributed by atoms with Gasteiger partial charge in [0.1, 0.15) is 0 Å². The van der Waals surface area contributed by atoms with E-state index in [0.29, 0.717) is 5.82 Å². The Morgan fingerprint density at radius 1 is 1.24 bits per heavy atom. The summed E-state index contributed by atoms with van der Waals surface area (Å²) >= 11 is 0. The third kappa shape index (κ3) is 4.35. The van der Waals surface area contributed by atoms with E-state index in [2.05, 4.69) is 20.2 Å². The molecule has 1 heterocycles. The fourth-order valence-corrected chi connectivity index (χ4v) is 2.73. The van der Waals surface area contributed by atoms with Crippen LogP contribution in [0.3, 0.4) is 0 Å². The Morgan fingerprint density at radius 2 is 1.95 bits per heavy atom. The molecular formula is C13H18N4O3S. The molecule has 0 saturated heterocycles. The Labute approximate surface area is 123 Å². The fraction of sp³-hybridized carbons (Fsp3) is 0.385. The third-order valence-electron chi connectivity index (χ3n) is 2.88. The maximum absolute atomic E-state index is 12.1. The quantitative estimate of drug-likeness (QED) is 0.778. The average Bonchev–Trinajstić information content (AvgIpc) is 2.89. The van der Waals surface area contributed by atoms with Crippen LogP contribution in [0.1, 0.15) is 17.3 Å². The number of hydrogen-bond acceptors (Lipinski definition) is 6. The highest BCUT2D eigenvalue weighted by Crippen LogP contribution is 2.11. The van der Waals surface area contributed by atoms with Gasteiger partial charge in [-0.3, -0.25) is 0 Å². The summed E-state index contributed by atoms with van der Waals surface area (Å²) in [5.74, 6) is 0.708. The summed E-state index contributed by atoms with van der Waals surface area (Å²) in [7, 11) is -1.70. The van der Waals surface area contributed by atoms with E-state index in [9.17, 15) is 8.42 Å². The number of likely N-dealkylation sites (N-methyl/N-ethyl adjacent to an activating group) is 1. The maximum Gasteiger partial charge on any atom is 0.241 e. The van der Waals surface area contributed by atoms with Crippen molar-refractivity contribution in [3.8, 4) is 0 Å². The predicted octanol–water partition coefficient (Wildman–Crippen LogP) is 0.618. The van der Waals surface area contributed by atoms with Gasteiger partial charge in [0.15, 0.2) is 5.82 Å². The van der Waals surface area contributed by atoms with Crippen molar-refractivity contribution >= 4 is 10.0 Å². The van der Waals surface area contributed by atoms with Crippen LogP contribution < -0.4 is 10.0 Å². The van der Waals surface area contributed by atoms with Crippen LogP contribution in [0, 0.1) is 6.92 Å². The van der Waals surface area contributed by atoms with Crippen molar-refractivity contribution in [2.24, 2.45) is 0 Å². The van der Waals surface area contributed by atoms with E-state index in [1.165, 1.54) is 0 Å². The Bertz CT molecular complexity index is 680. The number of nitrogens with one attached hydrogen (secondary N) is 2. The van der Waals surface area contributed by atoms with Crippen molar-refractivity contribution in [3.63, 3.8) is 0 Å². The molecule has 2 aromatic rings. The van der Waals surface area contributed by atoms with Crippen LogP contribution in [0.2, 0.25) is 0 Å². The Kier molecular flexibility index (Phi) is 5.05. The zero-order chi connectivity index (χ0) is 15.3. The first kappa shape index (κ1) is 15.6. The van der Waals surface area contributed by atoms with Crippen molar-refractivity contribution < 1.29 is 12.9 Å². The lowest BCUT2D eigenvalue weighted by Gasteiger charge is -2.06. The van der Waals surface area contributed by atoms with Gasteiger partial charge >= 0.3 is 0 Å². The first-order valence-electron chi connectivity index (χ1n) is 6.53. The number of nitrogens with zero attached hydrogens (tertiary/aromatic N) is 2. The molecule has 0 aliphatic carbocycles. The molecule has 1 aromatic carbocycles. The van der Waals surface area contributed by atoms with E-state index in [0.717, 1.165) is 18.5 Å². The molecule has 0 fully saturated rings. The molecule has 0 aliphatic rings. The second-order valence-electron chi connectivity index (χ2n) is 4.56. The summed E-state index contributed by atoms with van der Waals surface area (Å²) in [5, 5.41) is 6.65. The second-order valence-corrected chi connectivity index (χ2v) is 6.32. The van der Waals surface area contributed by atoms with E-state index in [4.69, 9.17) is 4.52 Å². The van der Waals surface area contributed by atoms with Crippen LogP contribution >= 0.6 is 0 Å². The van der Waals surface area contributed by atoms with Gasteiger partial charge in [0, 0.05) is 0 Å². The minimum atomic E-state index is -3.58. The number of aryl methyl sites for hydroxylation is 1. The molecular weight excluding hydrogens is 292 g/mol. The number of hydrogen-bond donors (Lipinski definition) is 2. The molecule has 0 aliphatic heterocycles. The fourth-order valence-electron chi connectivity index (χ4n) is 1.76. The Balaban J connectivity index is 2.01. The number of sulfonamides is 1. The SMILES string of the molecule is CNCCc1ccc(S(=O)(=O)NCc2nc(C)no2)cc1. The van der Waals surface area contributed by atoms with Crippen LogP contribution in [0.4, 0.5) is 0 Å². The summed E-state index contributed by atoms with van der Waals surface area (Å²) in [4.78, 5) is 4.16. The van der Waals surface area contributed by atoms with Crippen molar-refractivity contribution in [3.05, 3.63) is 41.5 Å². The van der Waals surface area contributed by atoms with Gasteiger partial charge in [0.05, 0.1) is 11.4 Å². The van der Waals surface area contributed by atoms with Crippen molar-refractivity contribution in [2.75, 3.05) is 13.6 Å². The molecule has 0 atom stereocenters. The summed E-state index contributed by atoms with van der Waals surface area (Å²) in [5.41, 5.74) is 1.08. The third-order valence-corrected chi connectivity index (χ3v) is 4.30. The number of benzene rings is 1.